The topological polar surface area (TPSA) is 46.3 Å². The molecular formula is C12H15Cl2FN2O. The van der Waals surface area contributed by atoms with Crippen LogP contribution in [-0.4, -0.2) is 23.9 Å². The van der Waals surface area contributed by atoms with Gasteiger partial charge in [-0.1, -0.05) is 17.7 Å². The monoisotopic (exact) mass is 292 g/mol. The average Bonchev–Trinajstić information content (AvgIpc) is 2.65. The van der Waals surface area contributed by atoms with Gasteiger partial charge in [-0.25, -0.2) is 4.39 Å². The van der Waals surface area contributed by atoms with Crippen molar-refractivity contribution < 1.29 is 9.18 Å². The van der Waals surface area contributed by atoms with E-state index in [1.807, 2.05) is 0 Å². The molecule has 1 aliphatic rings. The normalized spacial score (nSPS) is 18.9. The lowest BCUT2D eigenvalue weighted by molar-refractivity contribution is -0.128. The predicted molar refractivity (Wildman–Crippen MR) is 71.2 cm³/mol. The van der Waals surface area contributed by atoms with Gasteiger partial charge >= 0.3 is 0 Å². The summed E-state index contributed by atoms with van der Waals surface area (Å²) in [5, 5.41) is 0.0875. The van der Waals surface area contributed by atoms with E-state index in [0.29, 0.717) is 26.1 Å². The summed E-state index contributed by atoms with van der Waals surface area (Å²) in [6.45, 7) is 1.66. The van der Waals surface area contributed by atoms with Gasteiger partial charge in [0.05, 0.1) is 5.02 Å². The molecule has 2 N–H and O–H groups in total. The van der Waals surface area contributed by atoms with Crippen LogP contribution < -0.4 is 5.73 Å². The molecule has 0 aliphatic carbocycles. The van der Waals surface area contributed by atoms with Gasteiger partial charge in [0.2, 0.25) is 5.91 Å². The number of nitrogens with zero attached hydrogens (tertiary/aromatic N) is 1. The van der Waals surface area contributed by atoms with Crippen LogP contribution in [0, 0.1) is 11.7 Å². The van der Waals surface area contributed by atoms with Gasteiger partial charge in [0.1, 0.15) is 5.82 Å². The summed E-state index contributed by atoms with van der Waals surface area (Å²) in [5.74, 6) is -0.109. The van der Waals surface area contributed by atoms with Crippen molar-refractivity contribution in [2.45, 2.75) is 13.0 Å². The molecule has 1 aromatic carbocycles. The lowest BCUT2D eigenvalue weighted by Gasteiger charge is -2.16. The molecule has 0 saturated carbocycles. The molecule has 6 heteroatoms. The van der Waals surface area contributed by atoms with Gasteiger partial charge in [0, 0.05) is 19.5 Å². The molecule has 100 valence electrons. The molecule has 1 aromatic rings. The Labute approximate surface area is 116 Å². The van der Waals surface area contributed by atoms with Crippen LogP contribution in [0.1, 0.15) is 12.0 Å². The van der Waals surface area contributed by atoms with Crippen molar-refractivity contribution in [2.75, 3.05) is 13.1 Å². The highest BCUT2D eigenvalue weighted by atomic mass is 35.5. The predicted octanol–water partition coefficient (Wildman–Crippen LogP) is 2.21. The first-order chi connectivity index (χ1) is 8.10. The van der Waals surface area contributed by atoms with E-state index in [9.17, 15) is 9.18 Å². The Morgan fingerprint density at radius 2 is 2.22 bits per heavy atom. The first-order valence-electron chi connectivity index (χ1n) is 5.52. The van der Waals surface area contributed by atoms with Crippen LogP contribution in [0.4, 0.5) is 4.39 Å². The van der Waals surface area contributed by atoms with Gasteiger partial charge in [0.25, 0.3) is 0 Å². The molecule has 1 unspecified atom stereocenters. The fourth-order valence-corrected chi connectivity index (χ4v) is 2.23. The van der Waals surface area contributed by atoms with Crippen molar-refractivity contribution in [3.63, 3.8) is 0 Å². The molecule has 0 aromatic heterocycles. The second-order valence-electron chi connectivity index (χ2n) is 4.33. The van der Waals surface area contributed by atoms with Crippen molar-refractivity contribution in [3.05, 3.63) is 34.6 Å². The third-order valence-corrected chi connectivity index (χ3v) is 3.28. The van der Waals surface area contributed by atoms with E-state index in [0.717, 1.165) is 5.56 Å². The summed E-state index contributed by atoms with van der Waals surface area (Å²) in [7, 11) is 0. The number of rotatable bonds is 3. The molecule has 0 radical (unpaired) electrons. The Bertz CT molecular complexity index is 442. The third-order valence-electron chi connectivity index (χ3n) is 2.99. The summed E-state index contributed by atoms with van der Waals surface area (Å²) in [6.07, 6.45) is 0.505. The Morgan fingerprint density at radius 1 is 1.50 bits per heavy atom. The van der Waals surface area contributed by atoms with E-state index in [4.69, 9.17) is 17.3 Å². The maximum atomic E-state index is 13.0. The van der Waals surface area contributed by atoms with Crippen LogP contribution in [0.3, 0.4) is 0 Å². The first kappa shape index (κ1) is 15.2. The smallest absolute Gasteiger partial charge is 0.223 e. The zero-order valence-corrected chi connectivity index (χ0v) is 11.3. The Kier molecular flexibility index (Phi) is 5.38. The van der Waals surface area contributed by atoms with Crippen LogP contribution in [0.5, 0.6) is 0 Å². The summed E-state index contributed by atoms with van der Waals surface area (Å²) in [6, 6.07) is 4.52. The number of carbonyl (C=O) groups is 1. The molecule has 2 rings (SSSR count). The van der Waals surface area contributed by atoms with E-state index in [2.05, 4.69) is 0 Å². The van der Waals surface area contributed by atoms with Crippen molar-refractivity contribution in [3.8, 4) is 0 Å². The number of benzene rings is 1. The molecule has 1 amide bonds. The number of carbonyl (C=O) groups excluding carboxylic acids is 1. The molecule has 18 heavy (non-hydrogen) atoms. The SMILES string of the molecule is Cl.NCC1CC(=O)N(Cc2ccc(F)c(Cl)c2)C1. The summed E-state index contributed by atoms with van der Waals surface area (Å²) >= 11 is 5.69. The lowest BCUT2D eigenvalue weighted by Crippen LogP contribution is -2.25. The van der Waals surface area contributed by atoms with Gasteiger partial charge in [-0.15, -0.1) is 12.4 Å². The van der Waals surface area contributed by atoms with E-state index >= 15 is 0 Å². The molecule has 1 fully saturated rings. The molecule has 1 heterocycles. The van der Waals surface area contributed by atoms with Crippen LogP contribution in [-0.2, 0) is 11.3 Å². The first-order valence-corrected chi connectivity index (χ1v) is 5.89. The lowest BCUT2D eigenvalue weighted by atomic mass is 10.1. The van der Waals surface area contributed by atoms with Crippen molar-refractivity contribution >= 4 is 29.9 Å². The molecule has 1 atom stereocenters. The highest BCUT2D eigenvalue weighted by Gasteiger charge is 2.28. The fourth-order valence-electron chi connectivity index (χ4n) is 2.02. The standard InChI is InChI=1S/C12H14ClFN2O.ClH/c13-10-3-8(1-2-11(10)14)6-16-7-9(5-15)4-12(16)17;/h1-3,9H,4-7,15H2;1H. The number of hydrogen-bond acceptors (Lipinski definition) is 2. The van der Waals surface area contributed by atoms with Crippen LogP contribution in [0.25, 0.3) is 0 Å². The maximum absolute atomic E-state index is 13.0. The number of likely N-dealkylation sites (tertiary alicyclic amines) is 1. The summed E-state index contributed by atoms with van der Waals surface area (Å²) < 4.78 is 13.0. The Balaban J connectivity index is 0.00000162. The van der Waals surface area contributed by atoms with Crippen LogP contribution in [0.15, 0.2) is 18.2 Å². The van der Waals surface area contributed by atoms with Gasteiger partial charge in [0.15, 0.2) is 0 Å². The molecule has 3 nitrogen and oxygen atoms in total. The van der Waals surface area contributed by atoms with Crippen molar-refractivity contribution in [1.29, 1.82) is 0 Å². The van der Waals surface area contributed by atoms with Gasteiger partial charge in [-0.3, -0.25) is 4.79 Å². The minimum atomic E-state index is -0.442. The number of halogens is 3. The van der Waals surface area contributed by atoms with Crippen LogP contribution in [0.2, 0.25) is 5.02 Å². The molecule has 0 bridgehead atoms. The maximum Gasteiger partial charge on any atom is 0.223 e. The van der Waals surface area contributed by atoms with Crippen LogP contribution >= 0.6 is 24.0 Å². The highest BCUT2D eigenvalue weighted by Crippen LogP contribution is 2.21. The quantitative estimate of drug-likeness (QED) is 0.928. The summed E-state index contributed by atoms with van der Waals surface area (Å²) in [4.78, 5) is 13.4. The number of amides is 1. The fraction of sp³-hybridized carbons (Fsp3) is 0.417. The van der Waals surface area contributed by atoms with Gasteiger partial charge in [-0.2, -0.15) is 0 Å². The van der Waals surface area contributed by atoms with E-state index in [1.54, 1.807) is 17.0 Å². The largest absolute Gasteiger partial charge is 0.338 e. The zero-order chi connectivity index (χ0) is 12.4. The molecular weight excluding hydrogens is 278 g/mol. The molecule has 1 saturated heterocycles. The number of nitrogens with two attached hydrogens (primary N) is 1. The van der Waals surface area contributed by atoms with E-state index in [-0.39, 0.29) is 29.3 Å². The highest BCUT2D eigenvalue weighted by molar-refractivity contribution is 6.30. The molecule has 1 aliphatic heterocycles. The second-order valence-corrected chi connectivity index (χ2v) is 4.74. The van der Waals surface area contributed by atoms with E-state index in [1.165, 1.54) is 6.07 Å². The third kappa shape index (κ3) is 3.34. The average molecular weight is 293 g/mol. The summed E-state index contributed by atoms with van der Waals surface area (Å²) in [5.41, 5.74) is 6.38. The Hall–Kier alpha value is -0.840. The Morgan fingerprint density at radius 3 is 2.78 bits per heavy atom. The number of hydrogen-bond donors (Lipinski definition) is 1. The molecule has 0 spiro atoms. The second kappa shape index (κ2) is 6.36. The minimum Gasteiger partial charge on any atom is -0.338 e. The zero-order valence-electron chi connectivity index (χ0n) is 9.73. The van der Waals surface area contributed by atoms with Gasteiger partial charge < -0.3 is 10.6 Å². The van der Waals surface area contributed by atoms with Crippen molar-refractivity contribution in [1.82, 2.24) is 4.90 Å². The van der Waals surface area contributed by atoms with Crippen molar-refractivity contribution in [2.24, 2.45) is 11.7 Å². The van der Waals surface area contributed by atoms with E-state index < -0.39 is 5.82 Å². The minimum absolute atomic E-state index is 0. The van der Waals surface area contributed by atoms with Gasteiger partial charge in [-0.05, 0) is 30.2 Å².